The Labute approximate surface area is 105 Å². The Morgan fingerprint density at radius 1 is 1.00 bits per heavy atom. The Morgan fingerprint density at radius 3 is 2.00 bits per heavy atom. The van der Waals surface area contributed by atoms with Crippen LogP contribution < -0.4 is 0 Å². The van der Waals surface area contributed by atoms with Crippen molar-refractivity contribution in [3.63, 3.8) is 0 Å². The number of hydrogen-bond acceptors (Lipinski definition) is 0. The molecule has 0 N–H and O–H groups in total. The van der Waals surface area contributed by atoms with Gasteiger partial charge in [0.25, 0.3) is 0 Å². The lowest BCUT2D eigenvalue weighted by Crippen LogP contribution is -2.12. The first-order chi connectivity index (χ1) is 7.59. The molecule has 0 nitrogen and oxygen atoms in total. The molecule has 0 aliphatic heterocycles. The third-order valence-electron chi connectivity index (χ3n) is 3.06. The van der Waals surface area contributed by atoms with Crippen molar-refractivity contribution < 1.29 is 4.39 Å². The largest absolute Gasteiger partial charge is 0.207 e. The molecule has 0 amide bonds. The van der Waals surface area contributed by atoms with Crippen molar-refractivity contribution in [1.82, 2.24) is 0 Å². The lowest BCUT2D eigenvalue weighted by molar-refractivity contribution is 0.375. The molecule has 1 aromatic rings. The Hall–Kier alpha value is -0.850. The molecule has 0 heterocycles. The Balaban J connectivity index is 2.84. The lowest BCUT2D eigenvalue weighted by atomic mass is 9.85. The van der Waals surface area contributed by atoms with E-state index >= 15 is 0 Å². The molecule has 0 radical (unpaired) electrons. The predicted octanol–water partition coefficient (Wildman–Crippen LogP) is 5.10. The van der Waals surface area contributed by atoms with Crippen molar-refractivity contribution in [2.24, 2.45) is 5.41 Å². The van der Waals surface area contributed by atoms with Gasteiger partial charge in [0.2, 0.25) is 0 Å². The molecule has 1 aromatic carbocycles. The van der Waals surface area contributed by atoms with E-state index in [4.69, 9.17) is 0 Å². The molecular formula is C16H25F. The molecule has 0 saturated heterocycles. The van der Waals surface area contributed by atoms with Gasteiger partial charge in [-0.2, -0.15) is 0 Å². The third-order valence-corrected chi connectivity index (χ3v) is 3.06. The van der Waals surface area contributed by atoms with E-state index in [9.17, 15) is 4.39 Å². The molecule has 0 aromatic heterocycles. The monoisotopic (exact) mass is 236 g/mol. The van der Waals surface area contributed by atoms with Gasteiger partial charge in [0.1, 0.15) is 5.82 Å². The van der Waals surface area contributed by atoms with Crippen molar-refractivity contribution >= 4 is 0 Å². The first-order valence-corrected chi connectivity index (χ1v) is 6.38. The van der Waals surface area contributed by atoms with E-state index in [1.165, 1.54) is 0 Å². The molecule has 0 fully saturated rings. The maximum Gasteiger partial charge on any atom is 0.126 e. The minimum Gasteiger partial charge on any atom is -0.207 e. The van der Waals surface area contributed by atoms with Gasteiger partial charge in [-0.05, 0) is 40.9 Å². The maximum absolute atomic E-state index is 14.0. The Morgan fingerprint density at radius 2 is 1.59 bits per heavy atom. The van der Waals surface area contributed by atoms with Gasteiger partial charge in [-0.25, -0.2) is 4.39 Å². The highest BCUT2D eigenvalue weighted by Gasteiger charge is 2.16. The summed E-state index contributed by atoms with van der Waals surface area (Å²) < 4.78 is 14.0. The number of rotatable bonds is 2. The molecule has 0 unspecified atom stereocenters. The molecule has 1 rings (SSSR count). The number of halogens is 1. The van der Waals surface area contributed by atoms with Gasteiger partial charge in [0.05, 0.1) is 0 Å². The fourth-order valence-electron chi connectivity index (χ4n) is 1.73. The molecule has 96 valence electrons. The van der Waals surface area contributed by atoms with Gasteiger partial charge in [-0.15, -0.1) is 0 Å². The fraction of sp³-hybridized carbons (Fsp3) is 0.625. The second-order valence-electron chi connectivity index (χ2n) is 7.12. The fourth-order valence-corrected chi connectivity index (χ4v) is 1.73. The average molecular weight is 236 g/mol. The lowest BCUT2D eigenvalue weighted by Gasteiger charge is -2.21. The smallest absolute Gasteiger partial charge is 0.126 e. The third kappa shape index (κ3) is 4.49. The van der Waals surface area contributed by atoms with E-state index in [1.807, 2.05) is 6.07 Å². The summed E-state index contributed by atoms with van der Waals surface area (Å²) in [7, 11) is 0. The standard InChI is InChI=1S/C16H25F/c1-15(2,3)10-9-12-7-8-13(11-14(12)17)16(4,5)6/h7-8,11H,9-10H2,1-6H3. The van der Waals surface area contributed by atoms with E-state index in [0.717, 1.165) is 24.0 Å². The van der Waals surface area contributed by atoms with Crippen LogP contribution in [0.4, 0.5) is 4.39 Å². The first-order valence-electron chi connectivity index (χ1n) is 6.38. The quantitative estimate of drug-likeness (QED) is 0.670. The van der Waals surface area contributed by atoms with Crippen molar-refractivity contribution in [2.75, 3.05) is 0 Å². The molecule has 0 saturated carbocycles. The highest BCUT2D eigenvalue weighted by molar-refractivity contribution is 5.29. The second kappa shape index (κ2) is 4.80. The summed E-state index contributed by atoms with van der Waals surface area (Å²) in [4.78, 5) is 0. The van der Waals surface area contributed by atoms with E-state index in [2.05, 4.69) is 47.6 Å². The van der Waals surface area contributed by atoms with Crippen LogP contribution in [-0.2, 0) is 11.8 Å². The SMILES string of the molecule is CC(C)(C)CCc1ccc(C(C)(C)C)cc1F. The molecule has 0 aliphatic carbocycles. The molecule has 17 heavy (non-hydrogen) atoms. The average Bonchev–Trinajstić information content (AvgIpc) is 2.12. The van der Waals surface area contributed by atoms with Gasteiger partial charge in [0.15, 0.2) is 0 Å². The topological polar surface area (TPSA) is 0 Å². The summed E-state index contributed by atoms with van der Waals surface area (Å²) >= 11 is 0. The molecule has 1 heteroatoms. The maximum atomic E-state index is 14.0. The summed E-state index contributed by atoms with van der Waals surface area (Å²) in [6.45, 7) is 12.9. The van der Waals surface area contributed by atoms with Crippen molar-refractivity contribution in [2.45, 2.75) is 59.8 Å². The van der Waals surface area contributed by atoms with Crippen molar-refractivity contribution in [3.05, 3.63) is 35.1 Å². The van der Waals surface area contributed by atoms with Gasteiger partial charge < -0.3 is 0 Å². The summed E-state index contributed by atoms with van der Waals surface area (Å²) in [5.74, 6) is -0.0540. The van der Waals surface area contributed by atoms with E-state index in [1.54, 1.807) is 6.07 Å². The van der Waals surface area contributed by atoms with Gasteiger partial charge in [-0.3, -0.25) is 0 Å². The Bertz CT molecular complexity index is 377. The van der Waals surface area contributed by atoms with Crippen LogP contribution in [0.3, 0.4) is 0 Å². The highest BCUT2D eigenvalue weighted by Crippen LogP contribution is 2.26. The van der Waals surface area contributed by atoms with Gasteiger partial charge >= 0.3 is 0 Å². The zero-order valence-corrected chi connectivity index (χ0v) is 12.0. The summed E-state index contributed by atoms with van der Waals surface area (Å²) in [6, 6.07) is 5.70. The zero-order chi connectivity index (χ0) is 13.3. The van der Waals surface area contributed by atoms with Crippen LogP contribution in [0.1, 0.15) is 59.1 Å². The zero-order valence-electron chi connectivity index (χ0n) is 12.0. The number of aryl methyl sites for hydroxylation is 1. The first kappa shape index (κ1) is 14.2. The highest BCUT2D eigenvalue weighted by atomic mass is 19.1. The Kier molecular flexibility index (Phi) is 4.01. The van der Waals surface area contributed by atoms with E-state index in [0.29, 0.717) is 0 Å². The van der Waals surface area contributed by atoms with Gasteiger partial charge in [0, 0.05) is 0 Å². The van der Waals surface area contributed by atoms with Crippen LogP contribution in [0.25, 0.3) is 0 Å². The van der Waals surface area contributed by atoms with Gasteiger partial charge in [-0.1, -0.05) is 53.7 Å². The van der Waals surface area contributed by atoms with Crippen LogP contribution in [0.15, 0.2) is 18.2 Å². The van der Waals surface area contributed by atoms with Crippen LogP contribution in [0.5, 0.6) is 0 Å². The number of benzene rings is 1. The predicted molar refractivity (Wildman–Crippen MR) is 72.9 cm³/mol. The summed E-state index contributed by atoms with van der Waals surface area (Å²) in [6.07, 6.45) is 1.83. The summed E-state index contributed by atoms with van der Waals surface area (Å²) in [5.41, 5.74) is 2.18. The van der Waals surface area contributed by atoms with Crippen molar-refractivity contribution in [3.8, 4) is 0 Å². The van der Waals surface area contributed by atoms with Crippen LogP contribution in [-0.4, -0.2) is 0 Å². The summed E-state index contributed by atoms with van der Waals surface area (Å²) in [5, 5.41) is 0. The molecule has 0 spiro atoms. The molecular weight excluding hydrogens is 211 g/mol. The molecule has 0 aliphatic rings. The minimum absolute atomic E-state index is 0.0173. The van der Waals surface area contributed by atoms with E-state index < -0.39 is 0 Å². The molecule has 0 atom stereocenters. The minimum atomic E-state index is -0.0540. The van der Waals surface area contributed by atoms with Crippen LogP contribution in [0.2, 0.25) is 0 Å². The van der Waals surface area contributed by atoms with Crippen molar-refractivity contribution in [1.29, 1.82) is 0 Å². The number of hydrogen-bond donors (Lipinski definition) is 0. The second-order valence-corrected chi connectivity index (χ2v) is 7.12. The normalized spacial score (nSPS) is 12.9. The van der Waals surface area contributed by atoms with Crippen LogP contribution >= 0.6 is 0 Å². The molecule has 0 bridgehead atoms. The van der Waals surface area contributed by atoms with E-state index in [-0.39, 0.29) is 16.6 Å². The van der Waals surface area contributed by atoms with Crippen LogP contribution in [0, 0.1) is 11.2 Å².